The van der Waals surface area contributed by atoms with Gasteiger partial charge in [-0.05, 0) is 12.3 Å². The van der Waals surface area contributed by atoms with E-state index in [9.17, 15) is 8.42 Å². The van der Waals surface area contributed by atoms with Crippen molar-refractivity contribution < 1.29 is 13.2 Å². The Morgan fingerprint density at radius 3 is 2.50 bits per heavy atom. The average molecular weight is 253 g/mol. The van der Waals surface area contributed by atoms with Crippen LogP contribution in [0.1, 0.15) is 20.3 Å². The predicted molar refractivity (Wildman–Crippen MR) is 64.3 cm³/mol. The van der Waals surface area contributed by atoms with Crippen LogP contribution in [-0.2, 0) is 14.9 Å². The van der Waals surface area contributed by atoms with E-state index >= 15 is 0 Å². The Morgan fingerprint density at radius 2 is 1.94 bits per heavy atom. The SMILES string of the molecule is CC(C)CNS(=O)(=O)NCCCOCCN. The number of nitrogens with one attached hydrogen (secondary N) is 2. The Bertz CT molecular complexity index is 255. The van der Waals surface area contributed by atoms with E-state index in [1.54, 1.807) is 0 Å². The van der Waals surface area contributed by atoms with Gasteiger partial charge in [0.1, 0.15) is 0 Å². The minimum atomic E-state index is -3.35. The summed E-state index contributed by atoms with van der Waals surface area (Å²) >= 11 is 0. The summed E-state index contributed by atoms with van der Waals surface area (Å²) in [7, 11) is -3.35. The molecule has 0 aromatic rings. The first-order valence-corrected chi connectivity index (χ1v) is 6.98. The van der Waals surface area contributed by atoms with Gasteiger partial charge in [0.05, 0.1) is 6.61 Å². The number of ether oxygens (including phenoxy) is 1. The lowest BCUT2D eigenvalue weighted by Crippen LogP contribution is -2.39. The van der Waals surface area contributed by atoms with Gasteiger partial charge in [0.15, 0.2) is 0 Å². The predicted octanol–water partition coefficient (Wildman–Crippen LogP) is -0.568. The van der Waals surface area contributed by atoms with Gasteiger partial charge in [-0.2, -0.15) is 8.42 Å². The van der Waals surface area contributed by atoms with Crippen molar-refractivity contribution in [2.24, 2.45) is 11.7 Å². The molecule has 0 aliphatic rings. The lowest BCUT2D eigenvalue weighted by Gasteiger charge is -2.09. The fourth-order valence-corrected chi connectivity index (χ4v) is 1.96. The van der Waals surface area contributed by atoms with E-state index in [1.165, 1.54) is 0 Å². The molecule has 0 aliphatic carbocycles. The van der Waals surface area contributed by atoms with Crippen LogP contribution in [0.2, 0.25) is 0 Å². The first-order valence-electron chi connectivity index (χ1n) is 5.50. The van der Waals surface area contributed by atoms with Gasteiger partial charge < -0.3 is 10.5 Å². The molecular weight excluding hydrogens is 230 g/mol. The van der Waals surface area contributed by atoms with Crippen LogP contribution in [-0.4, -0.2) is 41.3 Å². The Balaban J connectivity index is 3.51. The third-order valence-electron chi connectivity index (χ3n) is 1.70. The van der Waals surface area contributed by atoms with Gasteiger partial charge in [0.2, 0.25) is 0 Å². The maximum Gasteiger partial charge on any atom is 0.276 e. The Labute approximate surface area is 98.1 Å². The first kappa shape index (κ1) is 15.8. The quantitative estimate of drug-likeness (QED) is 0.455. The van der Waals surface area contributed by atoms with Crippen molar-refractivity contribution in [2.45, 2.75) is 20.3 Å². The van der Waals surface area contributed by atoms with E-state index in [1.807, 2.05) is 13.8 Å². The summed E-state index contributed by atoms with van der Waals surface area (Å²) in [5.41, 5.74) is 5.23. The highest BCUT2D eigenvalue weighted by Gasteiger charge is 2.08. The summed E-state index contributed by atoms with van der Waals surface area (Å²) in [6.45, 7) is 6.23. The van der Waals surface area contributed by atoms with Crippen molar-refractivity contribution in [2.75, 3.05) is 32.8 Å². The van der Waals surface area contributed by atoms with E-state index in [4.69, 9.17) is 10.5 Å². The third-order valence-corrected chi connectivity index (χ3v) is 2.83. The third kappa shape index (κ3) is 10.3. The van der Waals surface area contributed by atoms with Crippen molar-refractivity contribution in [3.05, 3.63) is 0 Å². The molecule has 0 saturated carbocycles. The molecule has 0 fully saturated rings. The molecule has 0 heterocycles. The highest BCUT2D eigenvalue weighted by Crippen LogP contribution is 1.89. The highest BCUT2D eigenvalue weighted by atomic mass is 32.2. The molecule has 0 bridgehead atoms. The molecule has 0 aliphatic heterocycles. The molecule has 98 valence electrons. The van der Waals surface area contributed by atoms with Gasteiger partial charge >= 0.3 is 0 Å². The second-order valence-electron chi connectivity index (χ2n) is 3.89. The van der Waals surface area contributed by atoms with Crippen LogP contribution in [0.4, 0.5) is 0 Å². The number of hydrogen-bond donors (Lipinski definition) is 3. The van der Waals surface area contributed by atoms with Crippen LogP contribution < -0.4 is 15.2 Å². The molecule has 0 amide bonds. The van der Waals surface area contributed by atoms with Gasteiger partial charge in [-0.15, -0.1) is 0 Å². The summed E-state index contributed by atoms with van der Waals surface area (Å²) in [5.74, 6) is 0.296. The highest BCUT2D eigenvalue weighted by molar-refractivity contribution is 7.87. The van der Waals surface area contributed by atoms with Crippen LogP contribution in [0.5, 0.6) is 0 Å². The lowest BCUT2D eigenvalue weighted by atomic mass is 10.2. The molecule has 0 spiro atoms. The Morgan fingerprint density at radius 1 is 1.25 bits per heavy atom. The zero-order chi connectivity index (χ0) is 12.4. The van der Waals surface area contributed by atoms with E-state index in [2.05, 4.69) is 9.44 Å². The van der Waals surface area contributed by atoms with Crippen LogP contribution in [0.25, 0.3) is 0 Å². The maximum atomic E-state index is 11.3. The summed E-state index contributed by atoms with van der Waals surface area (Å²) in [6.07, 6.45) is 0.641. The largest absolute Gasteiger partial charge is 0.380 e. The summed E-state index contributed by atoms with van der Waals surface area (Å²) in [5, 5.41) is 0. The van der Waals surface area contributed by atoms with Crippen LogP contribution in [0.3, 0.4) is 0 Å². The molecule has 0 aromatic carbocycles. The van der Waals surface area contributed by atoms with Gasteiger partial charge in [-0.1, -0.05) is 13.8 Å². The van der Waals surface area contributed by atoms with Gasteiger partial charge in [-0.25, -0.2) is 9.44 Å². The number of nitrogens with two attached hydrogens (primary N) is 1. The van der Waals surface area contributed by atoms with Gasteiger partial charge in [-0.3, -0.25) is 0 Å². The van der Waals surface area contributed by atoms with Crippen LogP contribution >= 0.6 is 0 Å². The van der Waals surface area contributed by atoms with Crippen molar-refractivity contribution in [1.29, 1.82) is 0 Å². The average Bonchev–Trinajstić information content (AvgIpc) is 2.21. The zero-order valence-corrected chi connectivity index (χ0v) is 10.8. The molecule has 0 atom stereocenters. The molecular formula is C9H23N3O3S. The second-order valence-corrected chi connectivity index (χ2v) is 5.48. The maximum absolute atomic E-state index is 11.3. The molecule has 0 radical (unpaired) electrons. The van der Waals surface area contributed by atoms with Gasteiger partial charge in [0.25, 0.3) is 10.2 Å². The van der Waals surface area contributed by atoms with E-state index in [-0.39, 0.29) is 0 Å². The normalized spacial score (nSPS) is 12.2. The Hall–Kier alpha value is -0.210. The topological polar surface area (TPSA) is 93.5 Å². The Kier molecular flexibility index (Phi) is 8.77. The summed E-state index contributed by atoms with van der Waals surface area (Å²) in [4.78, 5) is 0. The molecule has 16 heavy (non-hydrogen) atoms. The molecule has 0 aromatic heterocycles. The van der Waals surface area contributed by atoms with Crippen molar-refractivity contribution >= 4 is 10.2 Å². The van der Waals surface area contributed by atoms with E-state index < -0.39 is 10.2 Å². The standard InChI is InChI=1S/C9H23N3O3S/c1-9(2)8-12-16(13,14)11-5-3-6-15-7-4-10/h9,11-12H,3-8,10H2,1-2H3. The molecule has 4 N–H and O–H groups in total. The molecule has 0 unspecified atom stereocenters. The minimum Gasteiger partial charge on any atom is -0.380 e. The van der Waals surface area contributed by atoms with Crippen molar-refractivity contribution in [1.82, 2.24) is 9.44 Å². The van der Waals surface area contributed by atoms with Crippen molar-refractivity contribution in [3.8, 4) is 0 Å². The van der Waals surface area contributed by atoms with Crippen LogP contribution in [0, 0.1) is 5.92 Å². The van der Waals surface area contributed by atoms with E-state index in [0.29, 0.717) is 45.2 Å². The molecule has 0 saturated heterocycles. The molecule has 6 nitrogen and oxygen atoms in total. The number of hydrogen-bond acceptors (Lipinski definition) is 4. The zero-order valence-electron chi connectivity index (χ0n) is 10.0. The fraction of sp³-hybridized carbons (Fsp3) is 1.00. The summed E-state index contributed by atoms with van der Waals surface area (Å²) < 4.78 is 32.7. The van der Waals surface area contributed by atoms with Crippen molar-refractivity contribution in [3.63, 3.8) is 0 Å². The molecule has 0 rings (SSSR count). The first-order chi connectivity index (χ1) is 7.48. The fourth-order valence-electron chi connectivity index (χ4n) is 0.894. The molecule has 7 heteroatoms. The van der Waals surface area contributed by atoms with E-state index in [0.717, 1.165) is 0 Å². The number of rotatable bonds is 10. The van der Waals surface area contributed by atoms with Crippen LogP contribution in [0.15, 0.2) is 0 Å². The summed E-state index contributed by atoms with van der Waals surface area (Å²) in [6, 6.07) is 0. The minimum absolute atomic E-state index is 0.296. The second kappa shape index (κ2) is 8.89. The lowest BCUT2D eigenvalue weighted by molar-refractivity contribution is 0.140. The van der Waals surface area contributed by atoms with Gasteiger partial charge in [0, 0.05) is 26.2 Å². The monoisotopic (exact) mass is 253 g/mol. The smallest absolute Gasteiger partial charge is 0.276 e.